The number of nitrogens with zero attached hydrogens (tertiary/aromatic N) is 1. The van der Waals surface area contributed by atoms with Crippen LogP contribution in [0.1, 0.15) is 12.5 Å². The Labute approximate surface area is 117 Å². The number of esters is 1. The zero-order valence-electron chi connectivity index (χ0n) is 11.4. The van der Waals surface area contributed by atoms with Gasteiger partial charge < -0.3 is 9.84 Å². The Bertz CT molecular complexity index is 434. The maximum Gasteiger partial charge on any atom is 0.316 e. The molecule has 6 nitrogen and oxygen atoms in total. The SMILES string of the molecule is CCOC(=O)[C@H](C[N+](=O)[O-])[C@@H](CO)Cc1ccccc1. The van der Waals surface area contributed by atoms with Gasteiger partial charge in [-0.3, -0.25) is 14.9 Å². The summed E-state index contributed by atoms with van der Waals surface area (Å²) >= 11 is 0. The first-order chi connectivity index (χ1) is 9.58. The van der Waals surface area contributed by atoms with Crippen molar-refractivity contribution >= 4 is 5.97 Å². The first kappa shape index (κ1) is 16.1. The van der Waals surface area contributed by atoms with Gasteiger partial charge in [0.05, 0.1) is 6.61 Å². The Morgan fingerprint density at radius 3 is 2.55 bits per heavy atom. The molecule has 0 aromatic heterocycles. The lowest BCUT2D eigenvalue weighted by molar-refractivity contribution is -0.488. The minimum Gasteiger partial charge on any atom is -0.466 e. The number of hydrogen-bond acceptors (Lipinski definition) is 5. The minimum atomic E-state index is -0.935. The van der Waals surface area contributed by atoms with Gasteiger partial charge in [-0.05, 0) is 18.9 Å². The second kappa shape index (κ2) is 8.27. The van der Waals surface area contributed by atoms with Crippen molar-refractivity contribution in [3.05, 3.63) is 46.0 Å². The third kappa shape index (κ3) is 4.97. The molecular formula is C14H19NO5. The average molecular weight is 281 g/mol. The highest BCUT2D eigenvalue weighted by Gasteiger charge is 2.33. The fraction of sp³-hybridized carbons (Fsp3) is 0.500. The van der Waals surface area contributed by atoms with Crippen molar-refractivity contribution < 1.29 is 19.6 Å². The predicted octanol–water partition coefficient (Wildman–Crippen LogP) is 1.29. The Balaban J connectivity index is 2.84. The number of ether oxygens (including phenoxy) is 1. The highest BCUT2D eigenvalue weighted by molar-refractivity contribution is 5.73. The molecular weight excluding hydrogens is 262 g/mol. The van der Waals surface area contributed by atoms with Crippen molar-refractivity contribution in [1.29, 1.82) is 0 Å². The number of rotatable bonds is 8. The van der Waals surface area contributed by atoms with E-state index < -0.39 is 29.3 Å². The van der Waals surface area contributed by atoms with E-state index in [0.29, 0.717) is 6.42 Å². The number of benzene rings is 1. The normalized spacial score (nSPS) is 13.5. The van der Waals surface area contributed by atoms with E-state index in [0.717, 1.165) is 5.56 Å². The van der Waals surface area contributed by atoms with Crippen molar-refractivity contribution in [2.75, 3.05) is 19.8 Å². The number of carbonyl (C=O) groups is 1. The molecule has 0 radical (unpaired) electrons. The van der Waals surface area contributed by atoms with Crippen molar-refractivity contribution in [3.63, 3.8) is 0 Å². The molecule has 0 aliphatic heterocycles. The summed E-state index contributed by atoms with van der Waals surface area (Å²) in [6, 6.07) is 9.26. The van der Waals surface area contributed by atoms with Crippen LogP contribution in [0.2, 0.25) is 0 Å². The van der Waals surface area contributed by atoms with E-state index >= 15 is 0 Å². The van der Waals surface area contributed by atoms with E-state index in [9.17, 15) is 20.0 Å². The zero-order chi connectivity index (χ0) is 15.0. The molecule has 0 saturated carbocycles. The second-order valence-electron chi connectivity index (χ2n) is 4.51. The summed E-state index contributed by atoms with van der Waals surface area (Å²) in [5.41, 5.74) is 0.921. The smallest absolute Gasteiger partial charge is 0.316 e. The van der Waals surface area contributed by atoms with Gasteiger partial charge in [0.1, 0.15) is 5.92 Å². The van der Waals surface area contributed by atoms with Gasteiger partial charge in [0.25, 0.3) is 0 Å². The largest absolute Gasteiger partial charge is 0.466 e. The first-order valence-electron chi connectivity index (χ1n) is 6.51. The fourth-order valence-electron chi connectivity index (χ4n) is 2.08. The van der Waals surface area contributed by atoms with Crippen LogP contribution in [0.3, 0.4) is 0 Å². The standard InChI is InChI=1S/C14H19NO5/c1-2-20-14(17)13(9-15(18)19)12(10-16)8-11-6-4-3-5-7-11/h3-7,12-13,16H,2,8-10H2,1H3/t12-,13-/m1/s1. The summed E-state index contributed by atoms with van der Waals surface area (Å²) < 4.78 is 4.87. The quantitative estimate of drug-likeness (QED) is 0.440. The van der Waals surface area contributed by atoms with E-state index in [2.05, 4.69) is 0 Å². The predicted molar refractivity (Wildman–Crippen MR) is 72.7 cm³/mol. The van der Waals surface area contributed by atoms with Gasteiger partial charge in [-0.2, -0.15) is 0 Å². The first-order valence-corrected chi connectivity index (χ1v) is 6.51. The number of carbonyl (C=O) groups excluding carboxylic acids is 1. The molecule has 0 unspecified atom stereocenters. The number of nitro groups is 1. The summed E-state index contributed by atoms with van der Waals surface area (Å²) in [7, 11) is 0. The van der Waals surface area contributed by atoms with Gasteiger partial charge in [-0.1, -0.05) is 30.3 Å². The summed E-state index contributed by atoms with van der Waals surface area (Å²) in [4.78, 5) is 22.0. The van der Waals surface area contributed by atoms with Gasteiger partial charge in [-0.15, -0.1) is 0 Å². The van der Waals surface area contributed by atoms with Crippen LogP contribution in [0.4, 0.5) is 0 Å². The number of aliphatic hydroxyl groups is 1. The van der Waals surface area contributed by atoms with Gasteiger partial charge in [0, 0.05) is 17.4 Å². The lowest BCUT2D eigenvalue weighted by Gasteiger charge is -2.21. The molecule has 0 spiro atoms. The molecule has 0 fully saturated rings. The Morgan fingerprint density at radius 2 is 2.05 bits per heavy atom. The summed E-state index contributed by atoms with van der Waals surface area (Å²) in [6.07, 6.45) is 0.397. The molecule has 0 aliphatic carbocycles. The summed E-state index contributed by atoms with van der Waals surface area (Å²) in [6.45, 7) is 0.978. The minimum absolute atomic E-state index is 0.163. The van der Waals surface area contributed by atoms with Gasteiger partial charge >= 0.3 is 5.97 Å². The van der Waals surface area contributed by atoms with Crippen LogP contribution in [-0.2, 0) is 16.0 Å². The van der Waals surface area contributed by atoms with Crippen molar-refractivity contribution in [3.8, 4) is 0 Å². The van der Waals surface area contributed by atoms with Crippen LogP contribution in [0.25, 0.3) is 0 Å². The molecule has 0 amide bonds. The monoisotopic (exact) mass is 281 g/mol. The van der Waals surface area contributed by atoms with E-state index in [1.165, 1.54) is 0 Å². The van der Waals surface area contributed by atoms with Crippen molar-refractivity contribution in [2.24, 2.45) is 11.8 Å². The summed E-state index contributed by atoms with van der Waals surface area (Å²) in [5, 5.41) is 20.2. The molecule has 0 bridgehead atoms. The molecule has 0 saturated heterocycles. The van der Waals surface area contributed by atoms with E-state index in [1.54, 1.807) is 6.92 Å². The molecule has 1 N–H and O–H groups in total. The third-order valence-electron chi connectivity index (χ3n) is 3.08. The van der Waals surface area contributed by atoms with Crippen molar-refractivity contribution in [2.45, 2.75) is 13.3 Å². The molecule has 110 valence electrons. The zero-order valence-corrected chi connectivity index (χ0v) is 11.4. The Morgan fingerprint density at radius 1 is 1.40 bits per heavy atom. The molecule has 1 aromatic rings. The highest BCUT2D eigenvalue weighted by atomic mass is 16.6. The van der Waals surface area contributed by atoms with Crippen LogP contribution in [0.5, 0.6) is 0 Å². The Kier molecular flexibility index (Phi) is 6.66. The van der Waals surface area contributed by atoms with Crippen molar-refractivity contribution in [1.82, 2.24) is 0 Å². The summed E-state index contributed by atoms with van der Waals surface area (Å²) in [5.74, 6) is -2.09. The van der Waals surface area contributed by atoms with Crippen LogP contribution < -0.4 is 0 Å². The average Bonchev–Trinajstić information content (AvgIpc) is 2.43. The molecule has 6 heteroatoms. The maximum absolute atomic E-state index is 11.8. The van der Waals surface area contributed by atoms with E-state index in [4.69, 9.17) is 4.74 Å². The number of hydrogen-bond donors (Lipinski definition) is 1. The van der Waals surface area contributed by atoms with E-state index in [1.807, 2.05) is 30.3 Å². The van der Waals surface area contributed by atoms with Crippen LogP contribution in [0.15, 0.2) is 30.3 Å². The molecule has 1 aromatic carbocycles. The van der Waals surface area contributed by atoms with Crippen LogP contribution in [0, 0.1) is 22.0 Å². The molecule has 20 heavy (non-hydrogen) atoms. The lowest BCUT2D eigenvalue weighted by Crippen LogP contribution is -2.35. The molecule has 2 atom stereocenters. The topological polar surface area (TPSA) is 89.7 Å². The molecule has 0 aliphatic rings. The second-order valence-corrected chi connectivity index (χ2v) is 4.51. The highest BCUT2D eigenvalue weighted by Crippen LogP contribution is 2.19. The molecule has 1 rings (SSSR count). The van der Waals surface area contributed by atoms with Crippen LogP contribution >= 0.6 is 0 Å². The maximum atomic E-state index is 11.8. The third-order valence-corrected chi connectivity index (χ3v) is 3.08. The van der Waals surface area contributed by atoms with Gasteiger partial charge in [-0.25, -0.2) is 0 Å². The van der Waals surface area contributed by atoms with E-state index in [-0.39, 0.29) is 13.2 Å². The van der Waals surface area contributed by atoms with Gasteiger partial charge in [0.15, 0.2) is 0 Å². The lowest BCUT2D eigenvalue weighted by atomic mass is 9.87. The fourth-order valence-corrected chi connectivity index (χ4v) is 2.08. The van der Waals surface area contributed by atoms with Crippen LogP contribution in [-0.4, -0.2) is 35.8 Å². The van der Waals surface area contributed by atoms with Gasteiger partial charge in [0.2, 0.25) is 6.54 Å². The molecule has 0 heterocycles. The number of aliphatic hydroxyl groups excluding tert-OH is 1. The Hall–Kier alpha value is -1.95.